The summed E-state index contributed by atoms with van der Waals surface area (Å²) in [6.07, 6.45) is 1.58. The summed E-state index contributed by atoms with van der Waals surface area (Å²) in [5.74, 6) is -1.47. The second-order valence-electron chi connectivity index (χ2n) is 8.98. The van der Waals surface area contributed by atoms with Crippen molar-refractivity contribution in [2.45, 2.75) is 57.0 Å². The number of nitrogens with zero attached hydrogens (tertiary/aromatic N) is 1. The topological polar surface area (TPSA) is 95.9 Å². The second kappa shape index (κ2) is 9.25. The van der Waals surface area contributed by atoms with Gasteiger partial charge in [-0.3, -0.25) is 4.79 Å². The van der Waals surface area contributed by atoms with E-state index in [9.17, 15) is 19.5 Å². The summed E-state index contributed by atoms with van der Waals surface area (Å²) >= 11 is 0. The average molecular weight is 451 g/mol. The highest BCUT2D eigenvalue weighted by Gasteiger charge is 2.42. The SMILES string of the molecule is CCC(C)(NC(=O)OCC1c2ccccc2-c2ccccc21)C(=O)N1CCCC[C@@H]1C(=O)O. The summed E-state index contributed by atoms with van der Waals surface area (Å²) in [6, 6.07) is 15.3. The van der Waals surface area contributed by atoms with Crippen LogP contribution in [-0.2, 0) is 14.3 Å². The molecule has 2 amide bonds. The van der Waals surface area contributed by atoms with Crippen LogP contribution in [0.4, 0.5) is 4.79 Å². The van der Waals surface area contributed by atoms with E-state index in [4.69, 9.17) is 4.74 Å². The normalized spacial score (nSPS) is 19.2. The molecule has 1 heterocycles. The van der Waals surface area contributed by atoms with Crippen LogP contribution in [-0.4, -0.2) is 52.7 Å². The second-order valence-corrected chi connectivity index (χ2v) is 8.98. The van der Waals surface area contributed by atoms with Crippen LogP contribution in [0.2, 0.25) is 0 Å². The molecule has 2 aromatic carbocycles. The summed E-state index contributed by atoms with van der Waals surface area (Å²) < 4.78 is 5.61. The van der Waals surface area contributed by atoms with Crippen LogP contribution < -0.4 is 5.32 Å². The maximum atomic E-state index is 13.3. The molecular weight excluding hydrogens is 420 g/mol. The summed E-state index contributed by atoms with van der Waals surface area (Å²) in [5, 5.41) is 12.3. The number of carbonyl (C=O) groups is 3. The molecule has 2 aliphatic rings. The number of piperidine rings is 1. The molecule has 2 atom stereocenters. The Balaban J connectivity index is 1.46. The van der Waals surface area contributed by atoms with Gasteiger partial charge in [0.05, 0.1) is 0 Å². The standard InChI is InChI=1S/C26H30N2O5/c1-3-26(2,24(31)28-15-9-8-14-22(28)23(29)30)27-25(32)33-16-21-19-12-6-4-10-17(19)18-11-5-7-13-20(18)21/h4-7,10-13,21-22H,3,8-9,14-16H2,1-2H3,(H,27,32)(H,29,30)/t22-,26?/m1/s1. The number of likely N-dealkylation sites (tertiary alicyclic amines) is 1. The lowest BCUT2D eigenvalue weighted by Gasteiger charge is -2.39. The predicted octanol–water partition coefficient (Wildman–Crippen LogP) is 4.16. The van der Waals surface area contributed by atoms with Crippen molar-refractivity contribution in [1.29, 1.82) is 0 Å². The lowest BCUT2D eigenvalue weighted by atomic mass is 9.93. The van der Waals surface area contributed by atoms with Gasteiger partial charge >= 0.3 is 12.1 Å². The Labute approximate surface area is 193 Å². The first-order valence-corrected chi connectivity index (χ1v) is 11.5. The summed E-state index contributed by atoms with van der Waals surface area (Å²) in [7, 11) is 0. The van der Waals surface area contributed by atoms with Gasteiger partial charge in [-0.2, -0.15) is 0 Å². The zero-order valence-electron chi connectivity index (χ0n) is 19.0. The molecule has 0 radical (unpaired) electrons. The molecule has 0 aromatic heterocycles. The predicted molar refractivity (Wildman–Crippen MR) is 124 cm³/mol. The van der Waals surface area contributed by atoms with E-state index in [0.29, 0.717) is 19.4 Å². The fourth-order valence-corrected chi connectivity index (χ4v) is 4.90. The molecule has 0 spiro atoms. The van der Waals surface area contributed by atoms with Gasteiger partial charge in [-0.15, -0.1) is 0 Å². The zero-order valence-corrected chi connectivity index (χ0v) is 19.0. The third kappa shape index (κ3) is 4.32. The van der Waals surface area contributed by atoms with Crippen molar-refractivity contribution in [3.63, 3.8) is 0 Å². The van der Waals surface area contributed by atoms with E-state index in [1.54, 1.807) is 13.8 Å². The van der Waals surface area contributed by atoms with Crippen LogP contribution >= 0.6 is 0 Å². The van der Waals surface area contributed by atoms with Crippen molar-refractivity contribution in [3.8, 4) is 11.1 Å². The fraction of sp³-hybridized carbons (Fsp3) is 0.423. The highest BCUT2D eigenvalue weighted by atomic mass is 16.5. The Kier molecular flexibility index (Phi) is 6.40. The van der Waals surface area contributed by atoms with Gasteiger partial charge in [0.15, 0.2) is 0 Å². The Hall–Kier alpha value is -3.35. The van der Waals surface area contributed by atoms with Crippen LogP contribution in [0.3, 0.4) is 0 Å². The minimum Gasteiger partial charge on any atom is -0.480 e. The van der Waals surface area contributed by atoms with Gasteiger partial charge < -0.3 is 20.1 Å². The van der Waals surface area contributed by atoms with E-state index in [2.05, 4.69) is 17.4 Å². The Morgan fingerprint density at radius 1 is 1.06 bits per heavy atom. The minimum atomic E-state index is -1.24. The molecule has 33 heavy (non-hydrogen) atoms. The molecule has 1 aliphatic carbocycles. The number of fused-ring (bicyclic) bond motifs is 3. The first-order chi connectivity index (χ1) is 15.9. The molecule has 4 rings (SSSR count). The lowest BCUT2D eigenvalue weighted by Crippen LogP contribution is -2.61. The number of hydrogen-bond donors (Lipinski definition) is 2. The van der Waals surface area contributed by atoms with Crippen LogP contribution in [0.5, 0.6) is 0 Å². The van der Waals surface area contributed by atoms with Crippen molar-refractivity contribution in [1.82, 2.24) is 10.2 Å². The van der Waals surface area contributed by atoms with E-state index >= 15 is 0 Å². The Bertz CT molecular complexity index is 1020. The van der Waals surface area contributed by atoms with E-state index in [1.165, 1.54) is 4.90 Å². The van der Waals surface area contributed by atoms with Crippen LogP contribution in [0.25, 0.3) is 11.1 Å². The molecule has 1 saturated heterocycles. The molecule has 1 fully saturated rings. The highest BCUT2D eigenvalue weighted by molar-refractivity contribution is 5.92. The van der Waals surface area contributed by atoms with Crippen molar-refractivity contribution >= 4 is 18.0 Å². The smallest absolute Gasteiger partial charge is 0.408 e. The largest absolute Gasteiger partial charge is 0.480 e. The molecule has 1 unspecified atom stereocenters. The first-order valence-electron chi connectivity index (χ1n) is 11.5. The number of benzene rings is 2. The summed E-state index contributed by atoms with van der Waals surface area (Å²) in [5.41, 5.74) is 3.26. The third-order valence-electron chi connectivity index (χ3n) is 6.95. The number of nitrogens with one attached hydrogen (secondary N) is 1. The van der Waals surface area contributed by atoms with Gasteiger partial charge in [0.25, 0.3) is 0 Å². The third-order valence-corrected chi connectivity index (χ3v) is 6.95. The number of amides is 2. The number of carboxylic acid groups (broad SMARTS) is 1. The van der Waals surface area contributed by atoms with Gasteiger partial charge in [0, 0.05) is 12.5 Å². The number of rotatable bonds is 6. The van der Waals surface area contributed by atoms with Crippen molar-refractivity contribution in [2.24, 2.45) is 0 Å². The van der Waals surface area contributed by atoms with E-state index in [0.717, 1.165) is 35.1 Å². The zero-order chi connectivity index (χ0) is 23.6. The summed E-state index contributed by atoms with van der Waals surface area (Å²) in [6.45, 7) is 3.94. The molecule has 2 N–H and O–H groups in total. The molecule has 7 heteroatoms. The van der Waals surface area contributed by atoms with Crippen LogP contribution in [0, 0.1) is 0 Å². The van der Waals surface area contributed by atoms with Gasteiger partial charge in [0.1, 0.15) is 18.2 Å². The maximum Gasteiger partial charge on any atom is 0.408 e. The number of ether oxygens (including phenoxy) is 1. The maximum absolute atomic E-state index is 13.3. The molecule has 2 aromatic rings. The fourth-order valence-electron chi connectivity index (χ4n) is 4.90. The number of hydrogen-bond acceptors (Lipinski definition) is 4. The van der Waals surface area contributed by atoms with Gasteiger partial charge in [-0.1, -0.05) is 55.5 Å². The van der Waals surface area contributed by atoms with Gasteiger partial charge in [-0.25, -0.2) is 9.59 Å². The molecular formula is C26H30N2O5. The molecule has 0 bridgehead atoms. The Morgan fingerprint density at radius 2 is 1.67 bits per heavy atom. The van der Waals surface area contributed by atoms with Crippen molar-refractivity contribution in [3.05, 3.63) is 59.7 Å². The van der Waals surface area contributed by atoms with E-state index in [1.807, 2.05) is 36.4 Å². The Morgan fingerprint density at radius 3 is 2.24 bits per heavy atom. The highest BCUT2D eigenvalue weighted by Crippen LogP contribution is 2.44. The average Bonchev–Trinajstić information content (AvgIpc) is 3.16. The quantitative estimate of drug-likeness (QED) is 0.689. The number of aliphatic carboxylic acids is 1. The van der Waals surface area contributed by atoms with Crippen molar-refractivity contribution < 1.29 is 24.2 Å². The number of carboxylic acids is 1. The van der Waals surface area contributed by atoms with E-state index < -0.39 is 23.6 Å². The number of alkyl carbamates (subject to hydrolysis) is 1. The molecule has 174 valence electrons. The van der Waals surface area contributed by atoms with Crippen LogP contribution in [0.1, 0.15) is 56.6 Å². The molecule has 7 nitrogen and oxygen atoms in total. The molecule has 1 aliphatic heterocycles. The lowest BCUT2D eigenvalue weighted by molar-refractivity contribution is -0.155. The van der Waals surface area contributed by atoms with Gasteiger partial charge in [0.2, 0.25) is 5.91 Å². The number of carbonyl (C=O) groups excluding carboxylic acids is 2. The minimum absolute atomic E-state index is 0.0785. The van der Waals surface area contributed by atoms with Crippen LogP contribution in [0.15, 0.2) is 48.5 Å². The molecule has 0 saturated carbocycles. The van der Waals surface area contributed by atoms with E-state index in [-0.39, 0.29) is 18.4 Å². The summed E-state index contributed by atoms with van der Waals surface area (Å²) in [4.78, 5) is 39.1. The first kappa shape index (κ1) is 22.8. The van der Waals surface area contributed by atoms with Gasteiger partial charge in [-0.05, 0) is 54.9 Å². The monoisotopic (exact) mass is 450 g/mol. The van der Waals surface area contributed by atoms with Crippen molar-refractivity contribution in [2.75, 3.05) is 13.2 Å².